The van der Waals surface area contributed by atoms with Gasteiger partial charge in [-0.1, -0.05) is 42.4 Å². The van der Waals surface area contributed by atoms with Crippen LogP contribution in [-0.2, 0) is 22.6 Å². The molecule has 2 atom stereocenters. The third kappa shape index (κ3) is 3.04. The number of carbonyl (C=O) groups is 1. The molecule has 1 aromatic heterocycles. The number of esters is 1. The minimum absolute atomic E-state index is 0.0571. The Balaban J connectivity index is 1.53. The summed E-state index contributed by atoms with van der Waals surface area (Å²) in [5, 5.41) is 3.89. The fraction of sp³-hybridized carbons (Fsp3) is 0.400. The number of benzene rings is 1. The van der Waals surface area contributed by atoms with E-state index in [-0.39, 0.29) is 18.5 Å². The molecular formula is C15H16N2O3. The molecule has 1 fully saturated rings. The monoisotopic (exact) mass is 272 g/mol. The Morgan fingerprint density at radius 3 is 2.85 bits per heavy atom. The van der Waals surface area contributed by atoms with E-state index in [1.807, 2.05) is 37.3 Å². The molecule has 20 heavy (non-hydrogen) atoms. The average Bonchev–Trinajstić information content (AvgIpc) is 3.02. The van der Waals surface area contributed by atoms with Crippen molar-refractivity contribution in [1.29, 1.82) is 0 Å². The number of rotatable bonds is 5. The maximum Gasteiger partial charge on any atom is 0.309 e. The van der Waals surface area contributed by atoms with Crippen LogP contribution in [0.2, 0.25) is 0 Å². The largest absolute Gasteiger partial charge is 0.455 e. The Labute approximate surface area is 116 Å². The lowest BCUT2D eigenvalue weighted by atomic mass is 10.1. The second kappa shape index (κ2) is 5.45. The van der Waals surface area contributed by atoms with Crippen molar-refractivity contribution in [2.45, 2.75) is 26.4 Å². The molecule has 0 radical (unpaired) electrons. The molecule has 104 valence electrons. The first-order valence-electron chi connectivity index (χ1n) is 6.74. The normalized spacial score (nSPS) is 20.6. The van der Waals surface area contributed by atoms with E-state index in [4.69, 9.17) is 9.26 Å². The molecule has 0 unspecified atom stereocenters. The van der Waals surface area contributed by atoms with Gasteiger partial charge in [-0.05, 0) is 17.9 Å². The molecule has 3 rings (SSSR count). The van der Waals surface area contributed by atoms with E-state index >= 15 is 0 Å². The quantitative estimate of drug-likeness (QED) is 0.782. The molecule has 0 bridgehead atoms. The van der Waals surface area contributed by atoms with Gasteiger partial charge in [0.1, 0.15) is 0 Å². The first-order valence-corrected chi connectivity index (χ1v) is 6.74. The minimum atomic E-state index is -0.166. The molecule has 5 nitrogen and oxygen atoms in total. The lowest BCUT2D eigenvalue weighted by Crippen LogP contribution is -2.07. The smallest absolute Gasteiger partial charge is 0.309 e. The summed E-state index contributed by atoms with van der Waals surface area (Å²) < 4.78 is 10.2. The van der Waals surface area contributed by atoms with E-state index in [1.165, 1.54) is 0 Å². The molecule has 1 aliphatic carbocycles. The van der Waals surface area contributed by atoms with E-state index in [0.29, 0.717) is 24.1 Å². The van der Waals surface area contributed by atoms with Crippen LogP contribution in [0.4, 0.5) is 0 Å². The molecule has 1 aromatic carbocycles. The summed E-state index contributed by atoms with van der Waals surface area (Å²) in [7, 11) is 0. The van der Waals surface area contributed by atoms with Crippen molar-refractivity contribution >= 4 is 5.97 Å². The number of aromatic nitrogens is 2. The van der Waals surface area contributed by atoms with E-state index in [2.05, 4.69) is 10.1 Å². The Morgan fingerprint density at radius 2 is 2.15 bits per heavy atom. The van der Waals surface area contributed by atoms with Gasteiger partial charge in [-0.3, -0.25) is 4.79 Å². The van der Waals surface area contributed by atoms with Crippen molar-refractivity contribution in [3.05, 3.63) is 47.6 Å². The first kappa shape index (κ1) is 12.8. The van der Waals surface area contributed by atoms with Gasteiger partial charge in [-0.2, -0.15) is 4.98 Å². The molecule has 0 spiro atoms. The Kier molecular flexibility index (Phi) is 3.50. The standard InChI is InChI=1S/C15H16N2O3/c1-10-7-12(10)15(18)19-9-14-16-13(17-20-14)8-11-5-3-2-4-6-11/h2-6,10,12H,7-9H2,1H3/t10-,12-/m0/s1. The summed E-state index contributed by atoms with van der Waals surface area (Å²) in [5.41, 5.74) is 1.11. The highest BCUT2D eigenvalue weighted by molar-refractivity contribution is 5.75. The number of hydrogen-bond acceptors (Lipinski definition) is 5. The van der Waals surface area contributed by atoms with Crippen LogP contribution in [0.25, 0.3) is 0 Å². The molecule has 0 saturated heterocycles. The van der Waals surface area contributed by atoms with Gasteiger partial charge < -0.3 is 9.26 Å². The van der Waals surface area contributed by atoms with Gasteiger partial charge in [0.05, 0.1) is 5.92 Å². The molecule has 1 saturated carbocycles. The number of nitrogens with zero attached hydrogens (tertiary/aromatic N) is 2. The van der Waals surface area contributed by atoms with E-state index in [0.717, 1.165) is 12.0 Å². The van der Waals surface area contributed by atoms with Crippen molar-refractivity contribution in [2.24, 2.45) is 11.8 Å². The van der Waals surface area contributed by atoms with Crippen molar-refractivity contribution in [3.63, 3.8) is 0 Å². The summed E-state index contributed by atoms with van der Waals surface area (Å²) in [6.45, 7) is 2.10. The van der Waals surface area contributed by atoms with E-state index in [9.17, 15) is 4.79 Å². The predicted octanol–water partition coefficient (Wildman–Crippen LogP) is 2.36. The van der Waals surface area contributed by atoms with Gasteiger partial charge in [0.25, 0.3) is 5.89 Å². The van der Waals surface area contributed by atoms with Crippen LogP contribution in [-0.4, -0.2) is 16.1 Å². The molecular weight excluding hydrogens is 256 g/mol. The third-order valence-electron chi connectivity index (χ3n) is 3.47. The van der Waals surface area contributed by atoms with Gasteiger partial charge in [0, 0.05) is 6.42 Å². The van der Waals surface area contributed by atoms with Gasteiger partial charge >= 0.3 is 5.97 Å². The molecule has 0 N–H and O–H groups in total. The topological polar surface area (TPSA) is 65.2 Å². The minimum Gasteiger partial charge on any atom is -0.455 e. The highest BCUT2D eigenvalue weighted by atomic mass is 16.6. The number of ether oxygens (including phenoxy) is 1. The summed E-state index contributed by atoms with van der Waals surface area (Å²) >= 11 is 0. The lowest BCUT2D eigenvalue weighted by Gasteiger charge is -1.99. The van der Waals surface area contributed by atoms with Crippen LogP contribution in [0.15, 0.2) is 34.9 Å². The summed E-state index contributed by atoms with van der Waals surface area (Å²) in [6, 6.07) is 9.91. The van der Waals surface area contributed by atoms with Gasteiger partial charge in [0.2, 0.25) is 0 Å². The fourth-order valence-electron chi connectivity index (χ4n) is 2.09. The van der Waals surface area contributed by atoms with Crippen LogP contribution in [0.3, 0.4) is 0 Å². The van der Waals surface area contributed by atoms with Crippen LogP contribution >= 0.6 is 0 Å². The molecule has 1 heterocycles. The molecule has 5 heteroatoms. The van der Waals surface area contributed by atoms with Gasteiger partial charge in [0.15, 0.2) is 12.4 Å². The molecule has 0 amide bonds. The summed E-state index contributed by atoms with van der Waals surface area (Å²) in [5.74, 6) is 1.28. The molecule has 1 aliphatic rings. The lowest BCUT2D eigenvalue weighted by molar-refractivity contribution is -0.147. The fourth-order valence-corrected chi connectivity index (χ4v) is 2.09. The second-order valence-corrected chi connectivity index (χ2v) is 5.19. The van der Waals surface area contributed by atoms with E-state index < -0.39 is 0 Å². The zero-order valence-corrected chi connectivity index (χ0v) is 11.3. The zero-order chi connectivity index (χ0) is 13.9. The van der Waals surface area contributed by atoms with Gasteiger partial charge in [-0.25, -0.2) is 0 Å². The van der Waals surface area contributed by atoms with Crippen molar-refractivity contribution in [2.75, 3.05) is 0 Å². The summed E-state index contributed by atoms with van der Waals surface area (Å²) in [4.78, 5) is 15.8. The first-order chi connectivity index (χ1) is 9.72. The summed E-state index contributed by atoms with van der Waals surface area (Å²) in [6.07, 6.45) is 1.53. The number of hydrogen-bond donors (Lipinski definition) is 0. The highest BCUT2D eigenvalue weighted by Crippen LogP contribution is 2.38. The maximum atomic E-state index is 11.6. The SMILES string of the molecule is C[C@H]1C[C@@H]1C(=O)OCc1nc(Cc2ccccc2)no1. The maximum absolute atomic E-state index is 11.6. The van der Waals surface area contributed by atoms with Crippen LogP contribution in [0.1, 0.15) is 30.6 Å². The second-order valence-electron chi connectivity index (χ2n) is 5.19. The Morgan fingerprint density at radius 1 is 1.40 bits per heavy atom. The van der Waals surface area contributed by atoms with Crippen LogP contribution < -0.4 is 0 Å². The highest BCUT2D eigenvalue weighted by Gasteiger charge is 2.40. The van der Waals surface area contributed by atoms with E-state index in [1.54, 1.807) is 0 Å². The van der Waals surface area contributed by atoms with Crippen LogP contribution in [0.5, 0.6) is 0 Å². The molecule has 2 aromatic rings. The molecule has 0 aliphatic heterocycles. The van der Waals surface area contributed by atoms with Crippen molar-refractivity contribution in [1.82, 2.24) is 10.1 Å². The zero-order valence-electron chi connectivity index (χ0n) is 11.3. The Bertz CT molecular complexity index is 594. The van der Waals surface area contributed by atoms with Crippen LogP contribution in [0, 0.1) is 11.8 Å². The number of carbonyl (C=O) groups excluding carboxylic acids is 1. The predicted molar refractivity (Wildman–Crippen MR) is 70.6 cm³/mol. The Hall–Kier alpha value is -2.17. The third-order valence-corrected chi connectivity index (χ3v) is 3.47. The van der Waals surface area contributed by atoms with Crippen molar-refractivity contribution in [3.8, 4) is 0 Å². The van der Waals surface area contributed by atoms with Crippen molar-refractivity contribution < 1.29 is 14.1 Å². The van der Waals surface area contributed by atoms with Gasteiger partial charge in [-0.15, -0.1) is 0 Å². The average molecular weight is 272 g/mol.